The number of carbonyl (C=O) groups excluding carboxylic acids is 1. The highest BCUT2D eigenvalue weighted by atomic mass is 16.4. The highest BCUT2D eigenvalue weighted by Gasteiger charge is 2.50. The molecule has 0 radical (unpaired) electrons. The molecule has 0 aliphatic heterocycles. The average molecular weight is 295 g/mol. The summed E-state index contributed by atoms with van der Waals surface area (Å²) in [4.78, 5) is 12.6. The van der Waals surface area contributed by atoms with Gasteiger partial charge in [-0.1, -0.05) is 42.4 Å². The van der Waals surface area contributed by atoms with Crippen LogP contribution in [0.5, 0.6) is 0 Å². The fraction of sp³-hybridized carbons (Fsp3) is 0.353. The van der Waals surface area contributed by atoms with Crippen molar-refractivity contribution in [2.75, 3.05) is 5.32 Å². The van der Waals surface area contributed by atoms with Crippen molar-refractivity contribution in [1.29, 1.82) is 0 Å². The van der Waals surface area contributed by atoms with Crippen molar-refractivity contribution < 1.29 is 9.21 Å². The average Bonchev–Trinajstić information content (AvgIpc) is 3.24. The van der Waals surface area contributed by atoms with Crippen molar-refractivity contribution in [2.24, 2.45) is 17.3 Å². The topological polar surface area (TPSA) is 68.0 Å². The molecule has 1 aromatic carbocycles. The number of carbonyl (C=O) groups is 1. The minimum Gasteiger partial charge on any atom is -0.403 e. The van der Waals surface area contributed by atoms with E-state index in [2.05, 4.69) is 27.7 Å². The molecule has 1 aromatic heterocycles. The van der Waals surface area contributed by atoms with Gasteiger partial charge < -0.3 is 4.42 Å². The summed E-state index contributed by atoms with van der Waals surface area (Å²) in [5.74, 6) is 1.22. The Morgan fingerprint density at radius 3 is 2.77 bits per heavy atom. The number of rotatable bonds is 3. The van der Waals surface area contributed by atoms with Gasteiger partial charge in [-0.3, -0.25) is 10.1 Å². The summed E-state index contributed by atoms with van der Waals surface area (Å²) in [5, 5.41) is 10.7. The van der Waals surface area contributed by atoms with Crippen LogP contribution in [0.4, 0.5) is 6.01 Å². The summed E-state index contributed by atoms with van der Waals surface area (Å²) in [6, 6.07) is 9.67. The maximum Gasteiger partial charge on any atom is 0.322 e. The van der Waals surface area contributed by atoms with E-state index in [-0.39, 0.29) is 17.3 Å². The van der Waals surface area contributed by atoms with Gasteiger partial charge in [0.25, 0.3) is 0 Å². The molecule has 22 heavy (non-hydrogen) atoms. The summed E-state index contributed by atoms with van der Waals surface area (Å²) < 4.78 is 5.55. The number of nitrogens with zero attached hydrogens (tertiary/aromatic N) is 2. The lowest BCUT2D eigenvalue weighted by Crippen LogP contribution is -2.37. The SMILES string of the molecule is C[C@]1(C(=O)Nc2nnc(-c3ccccc3)o2)C[C@H]2C=C[C@H]1C2. The van der Waals surface area contributed by atoms with E-state index in [1.54, 1.807) is 0 Å². The second-order valence-corrected chi connectivity index (χ2v) is 6.34. The molecule has 0 unspecified atom stereocenters. The lowest BCUT2D eigenvalue weighted by atomic mass is 9.77. The van der Waals surface area contributed by atoms with E-state index >= 15 is 0 Å². The van der Waals surface area contributed by atoms with Crippen LogP contribution in [-0.2, 0) is 4.79 Å². The van der Waals surface area contributed by atoms with E-state index in [1.165, 1.54) is 0 Å². The summed E-state index contributed by atoms with van der Waals surface area (Å²) in [7, 11) is 0. The van der Waals surface area contributed by atoms with Crippen LogP contribution in [-0.4, -0.2) is 16.1 Å². The van der Waals surface area contributed by atoms with Crippen molar-refractivity contribution in [3.8, 4) is 11.5 Å². The van der Waals surface area contributed by atoms with Crippen molar-refractivity contribution in [3.63, 3.8) is 0 Å². The quantitative estimate of drug-likeness (QED) is 0.882. The zero-order valence-electron chi connectivity index (χ0n) is 12.3. The number of fused-ring (bicyclic) bond motifs is 2. The van der Waals surface area contributed by atoms with Gasteiger partial charge in [-0.05, 0) is 36.8 Å². The van der Waals surface area contributed by atoms with E-state index in [9.17, 15) is 4.79 Å². The molecule has 0 spiro atoms. The number of benzene rings is 1. The van der Waals surface area contributed by atoms with Crippen LogP contribution < -0.4 is 5.32 Å². The number of aromatic nitrogens is 2. The Labute approximate surface area is 128 Å². The first kappa shape index (κ1) is 13.2. The summed E-state index contributed by atoms with van der Waals surface area (Å²) in [6.45, 7) is 2.02. The first-order chi connectivity index (χ1) is 10.6. The minimum absolute atomic E-state index is 0.0346. The van der Waals surface area contributed by atoms with Gasteiger partial charge in [0.15, 0.2) is 0 Å². The molecule has 5 heteroatoms. The van der Waals surface area contributed by atoms with Crippen LogP contribution in [0.25, 0.3) is 11.5 Å². The van der Waals surface area contributed by atoms with Gasteiger partial charge in [-0.2, -0.15) is 0 Å². The molecule has 2 aliphatic carbocycles. The van der Waals surface area contributed by atoms with Crippen molar-refractivity contribution >= 4 is 11.9 Å². The third-order valence-corrected chi connectivity index (χ3v) is 4.86. The monoisotopic (exact) mass is 295 g/mol. The first-order valence-corrected chi connectivity index (χ1v) is 7.54. The standard InChI is InChI=1S/C17H17N3O2/c1-17(10-11-7-8-13(17)9-11)15(21)18-16-20-19-14(22-16)12-5-3-2-4-6-12/h2-8,11,13H,9-10H2,1H3,(H,18,20,21)/t11-,13-,17-/m0/s1. The largest absolute Gasteiger partial charge is 0.403 e. The lowest BCUT2D eigenvalue weighted by Gasteiger charge is -2.28. The van der Waals surface area contributed by atoms with Gasteiger partial charge >= 0.3 is 6.01 Å². The van der Waals surface area contributed by atoms with Gasteiger partial charge in [0.1, 0.15) is 0 Å². The van der Waals surface area contributed by atoms with Crippen molar-refractivity contribution in [3.05, 3.63) is 42.5 Å². The second kappa shape index (κ2) is 4.80. The van der Waals surface area contributed by atoms with Crippen LogP contribution in [0.15, 0.2) is 46.9 Å². The molecule has 112 valence electrons. The third kappa shape index (κ3) is 2.04. The number of amides is 1. The molecule has 4 rings (SSSR count). The fourth-order valence-electron chi connectivity index (χ4n) is 3.57. The number of anilines is 1. The Morgan fingerprint density at radius 1 is 1.27 bits per heavy atom. The predicted molar refractivity (Wildman–Crippen MR) is 81.8 cm³/mol. The van der Waals surface area contributed by atoms with Crippen LogP contribution >= 0.6 is 0 Å². The first-order valence-electron chi connectivity index (χ1n) is 7.54. The van der Waals surface area contributed by atoms with Gasteiger partial charge in [0, 0.05) is 5.56 Å². The molecule has 2 aliphatic rings. The van der Waals surface area contributed by atoms with E-state index < -0.39 is 0 Å². The van der Waals surface area contributed by atoms with Crippen LogP contribution in [0.2, 0.25) is 0 Å². The molecule has 1 fully saturated rings. The predicted octanol–water partition coefficient (Wildman–Crippen LogP) is 3.28. The van der Waals surface area contributed by atoms with E-state index in [1.807, 2.05) is 37.3 Å². The minimum atomic E-state index is -0.374. The number of hydrogen-bond donors (Lipinski definition) is 1. The molecule has 1 N–H and O–H groups in total. The second-order valence-electron chi connectivity index (χ2n) is 6.34. The van der Waals surface area contributed by atoms with Crippen LogP contribution in [0, 0.1) is 17.3 Å². The Bertz CT molecular complexity index is 737. The van der Waals surface area contributed by atoms with E-state index in [4.69, 9.17) is 4.42 Å². The summed E-state index contributed by atoms with van der Waals surface area (Å²) in [6.07, 6.45) is 6.35. The van der Waals surface area contributed by atoms with Crippen molar-refractivity contribution in [2.45, 2.75) is 19.8 Å². The van der Waals surface area contributed by atoms with Gasteiger partial charge in [0.05, 0.1) is 5.41 Å². The fourth-order valence-corrected chi connectivity index (χ4v) is 3.57. The van der Waals surface area contributed by atoms with Crippen molar-refractivity contribution in [1.82, 2.24) is 10.2 Å². The highest BCUT2D eigenvalue weighted by molar-refractivity contribution is 5.94. The van der Waals surface area contributed by atoms with E-state index in [0.717, 1.165) is 18.4 Å². The lowest BCUT2D eigenvalue weighted by molar-refractivity contribution is -0.126. The maximum atomic E-state index is 12.6. The Hall–Kier alpha value is -2.43. The Balaban J connectivity index is 1.51. The highest BCUT2D eigenvalue weighted by Crippen LogP contribution is 2.52. The summed E-state index contributed by atoms with van der Waals surface area (Å²) >= 11 is 0. The number of allylic oxidation sites excluding steroid dienone is 2. The van der Waals surface area contributed by atoms with Gasteiger partial charge in [-0.15, -0.1) is 5.10 Å². The molecule has 3 atom stereocenters. The molecule has 2 aromatic rings. The summed E-state index contributed by atoms with van der Waals surface area (Å²) in [5.41, 5.74) is 0.463. The van der Waals surface area contributed by atoms with Crippen LogP contribution in [0.1, 0.15) is 19.8 Å². The number of nitrogens with one attached hydrogen (secondary N) is 1. The molecule has 5 nitrogen and oxygen atoms in total. The molecule has 2 bridgehead atoms. The molecular formula is C17H17N3O2. The molecule has 0 saturated heterocycles. The zero-order chi connectivity index (χ0) is 15.2. The van der Waals surface area contributed by atoms with E-state index in [0.29, 0.717) is 17.7 Å². The van der Waals surface area contributed by atoms with Gasteiger partial charge in [-0.25, -0.2) is 0 Å². The Kier molecular flexibility index (Phi) is 2.89. The molecule has 1 amide bonds. The number of hydrogen-bond acceptors (Lipinski definition) is 4. The third-order valence-electron chi connectivity index (χ3n) is 4.86. The zero-order valence-corrected chi connectivity index (χ0v) is 12.3. The molecular weight excluding hydrogens is 278 g/mol. The maximum absolute atomic E-state index is 12.6. The Morgan fingerprint density at radius 2 is 2.09 bits per heavy atom. The molecule has 1 saturated carbocycles. The molecule has 1 heterocycles. The normalized spacial score (nSPS) is 29.0. The smallest absolute Gasteiger partial charge is 0.322 e. The van der Waals surface area contributed by atoms with Gasteiger partial charge in [0.2, 0.25) is 11.8 Å². The van der Waals surface area contributed by atoms with Crippen LogP contribution in [0.3, 0.4) is 0 Å².